The Morgan fingerprint density at radius 2 is 0.786 bits per heavy atom. The zero-order valence-electron chi connectivity index (χ0n) is 30.1. The van der Waals surface area contributed by atoms with Crippen LogP contribution in [0.1, 0.15) is 22.3 Å². The standard InChI is InChI=1S/C52H31N3S/c1-2-13-33(14-3-1)49-53-50(34-27-25-32(26-28-34)36-19-12-24-47-48(36)40-18-7-11-23-46(40)56-47)55-51(54-49)35-29-30-45-41(31-35)39-17-6-10-22-44(39)52(45)42-20-8-4-15-37(42)38-16-5-9-21-43(38)52/h1-31H. The van der Waals surface area contributed by atoms with Gasteiger partial charge in [-0.05, 0) is 73.8 Å². The summed E-state index contributed by atoms with van der Waals surface area (Å²) in [6.45, 7) is 0. The Balaban J connectivity index is 1.01. The minimum atomic E-state index is -0.390. The minimum absolute atomic E-state index is 0.390. The van der Waals surface area contributed by atoms with Crippen LogP contribution in [0.2, 0.25) is 0 Å². The van der Waals surface area contributed by atoms with Gasteiger partial charge in [0.2, 0.25) is 0 Å². The lowest BCUT2D eigenvalue weighted by atomic mass is 9.70. The van der Waals surface area contributed by atoms with Crippen molar-refractivity contribution in [3.63, 3.8) is 0 Å². The molecule has 0 radical (unpaired) electrons. The van der Waals surface area contributed by atoms with Crippen LogP contribution in [0.15, 0.2) is 188 Å². The Morgan fingerprint density at radius 1 is 0.321 bits per heavy atom. The SMILES string of the molecule is c1ccc(-c2nc(-c3ccc(-c4cccc5sc6ccccc6c45)cc3)nc(-c3ccc4c(c3)-c3ccccc3C43c4ccccc4-c4ccccc43)n2)cc1. The van der Waals surface area contributed by atoms with Gasteiger partial charge in [-0.25, -0.2) is 15.0 Å². The number of benzene rings is 8. The number of fused-ring (bicyclic) bond motifs is 13. The quantitative estimate of drug-likeness (QED) is 0.181. The predicted octanol–water partition coefficient (Wildman–Crippen LogP) is 13.3. The Kier molecular flexibility index (Phi) is 6.72. The Hall–Kier alpha value is -7.01. The fraction of sp³-hybridized carbons (Fsp3) is 0.0192. The van der Waals surface area contributed by atoms with E-state index in [0.717, 1.165) is 16.7 Å². The van der Waals surface area contributed by atoms with Gasteiger partial charge in [-0.1, -0.05) is 170 Å². The lowest BCUT2D eigenvalue weighted by Gasteiger charge is -2.30. The normalized spacial score (nSPS) is 13.1. The third kappa shape index (κ3) is 4.42. The predicted molar refractivity (Wildman–Crippen MR) is 231 cm³/mol. The summed E-state index contributed by atoms with van der Waals surface area (Å²) in [5, 5.41) is 2.60. The van der Waals surface area contributed by atoms with E-state index < -0.39 is 5.41 Å². The maximum Gasteiger partial charge on any atom is 0.164 e. The highest BCUT2D eigenvalue weighted by atomic mass is 32.1. The summed E-state index contributed by atoms with van der Waals surface area (Å²) in [5.41, 5.74) is 15.2. The molecule has 2 aliphatic rings. The third-order valence-electron chi connectivity index (χ3n) is 11.8. The molecule has 8 aromatic carbocycles. The van der Waals surface area contributed by atoms with Crippen molar-refractivity contribution in [2.45, 2.75) is 5.41 Å². The Labute approximate surface area is 328 Å². The van der Waals surface area contributed by atoms with E-state index >= 15 is 0 Å². The van der Waals surface area contributed by atoms with Gasteiger partial charge in [0.05, 0.1) is 5.41 Å². The van der Waals surface area contributed by atoms with Gasteiger partial charge in [-0.2, -0.15) is 0 Å². The molecule has 1 spiro atoms. The number of nitrogens with zero attached hydrogens (tertiary/aromatic N) is 3. The van der Waals surface area contributed by atoms with Crippen LogP contribution in [-0.2, 0) is 5.41 Å². The van der Waals surface area contributed by atoms with E-state index in [1.165, 1.54) is 75.8 Å². The summed E-state index contributed by atoms with van der Waals surface area (Å²) in [6, 6.07) is 67.8. The Morgan fingerprint density at radius 3 is 1.46 bits per heavy atom. The molecular weight excluding hydrogens is 699 g/mol. The van der Waals surface area contributed by atoms with Crippen molar-refractivity contribution < 1.29 is 0 Å². The number of hydrogen-bond acceptors (Lipinski definition) is 4. The highest BCUT2D eigenvalue weighted by Crippen LogP contribution is 2.62. The van der Waals surface area contributed by atoms with Crippen LogP contribution >= 0.6 is 11.3 Å². The zero-order chi connectivity index (χ0) is 36.8. The second-order valence-electron chi connectivity index (χ2n) is 14.7. The molecule has 0 N–H and O–H groups in total. The van der Waals surface area contributed by atoms with Crippen LogP contribution in [0.25, 0.3) is 87.7 Å². The van der Waals surface area contributed by atoms with E-state index in [1.54, 1.807) is 0 Å². The van der Waals surface area contributed by atoms with E-state index in [-0.39, 0.29) is 0 Å². The van der Waals surface area contributed by atoms with E-state index in [0.29, 0.717) is 17.5 Å². The fourth-order valence-corrected chi connectivity index (χ4v) is 10.5. The molecule has 12 rings (SSSR count). The van der Waals surface area contributed by atoms with Gasteiger partial charge in [-0.15, -0.1) is 11.3 Å². The van der Waals surface area contributed by atoms with E-state index in [1.807, 2.05) is 29.5 Å². The molecule has 260 valence electrons. The minimum Gasteiger partial charge on any atom is -0.208 e. The van der Waals surface area contributed by atoms with Crippen LogP contribution < -0.4 is 0 Å². The molecule has 0 bridgehead atoms. The van der Waals surface area contributed by atoms with Gasteiger partial charge in [0, 0.05) is 36.9 Å². The summed E-state index contributed by atoms with van der Waals surface area (Å²) in [5.74, 6) is 1.96. The van der Waals surface area contributed by atoms with E-state index in [9.17, 15) is 0 Å². The number of aromatic nitrogens is 3. The van der Waals surface area contributed by atoms with Crippen molar-refractivity contribution in [1.82, 2.24) is 15.0 Å². The largest absolute Gasteiger partial charge is 0.208 e. The summed E-state index contributed by atoms with van der Waals surface area (Å²) >= 11 is 1.85. The van der Waals surface area contributed by atoms with Crippen molar-refractivity contribution in [2.24, 2.45) is 0 Å². The molecule has 0 fully saturated rings. The molecule has 56 heavy (non-hydrogen) atoms. The van der Waals surface area contributed by atoms with E-state index in [4.69, 9.17) is 15.0 Å². The third-order valence-corrected chi connectivity index (χ3v) is 12.9. The average Bonchev–Trinajstić information content (AvgIpc) is 3.91. The van der Waals surface area contributed by atoms with Gasteiger partial charge in [0.15, 0.2) is 17.5 Å². The van der Waals surface area contributed by atoms with Gasteiger partial charge in [0.25, 0.3) is 0 Å². The van der Waals surface area contributed by atoms with Crippen LogP contribution in [0.5, 0.6) is 0 Å². The molecule has 2 heterocycles. The Bertz CT molecular complexity index is 3150. The maximum absolute atomic E-state index is 5.21. The first-order valence-corrected chi connectivity index (χ1v) is 19.8. The number of hydrogen-bond donors (Lipinski definition) is 0. The number of thiophene rings is 1. The molecule has 0 saturated carbocycles. The van der Waals surface area contributed by atoms with Crippen LogP contribution in [0.3, 0.4) is 0 Å². The zero-order valence-corrected chi connectivity index (χ0v) is 31.0. The first-order chi connectivity index (χ1) is 27.8. The van der Waals surface area contributed by atoms with Crippen molar-refractivity contribution in [2.75, 3.05) is 0 Å². The van der Waals surface area contributed by atoms with Crippen LogP contribution in [0, 0.1) is 0 Å². The van der Waals surface area contributed by atoms with Crippen LogP contribution in [-0.4, -0.2) is 15.0 Å². The second-order valence-corrected chi connectivity index (χ2v) is 15.8. The van der Waals surface area contributed by atoms with Crippen molar-refractivity contribution >= 4 is 31.5 Å². The van der Waals surface area contributed by atoms with Gasteiger partial charge >= 0.3 is 0 Å². The summed E-state index contributed by atoms with van der Waals surface area (Å²) in [7, 11) is 0. The molecular formula is C52H31N3S. The van der Waals surface area contributed by atoms with Gasteiger partial charge in [-0.3, -0.25) is 0 Å². The monoisotopic (exact) mass is 729 g/mol. The molecule has 0 aliphatic heterocycles. The van der Waals surface area contributed by atoms with Gasteiger partial charge in [0.1, 0.15) is 0 Å². The highest BCUT2D eigenvalue weighted by molar-refractivity contribution is 7.25. The van der Waals surface area contributed by atoms with Crippen molar-refractivity contribution in [1.29, 1.82) is 0 Å². The molecule has 3 nitrogen and oxygen atoms in total. The molecule has 10 aromatic rings. The summed E-state index contributed by atoms with van der Waals surface area (Å²) in [4.78, 5) is 15.4. The van der Waals surface area contributed by atoms with Gasteiger partial charge < -0.3 is 0 Å². The summed E-state index contributed by atoms with van der Waals surface area (Å²) in [6.07, 6.45) is 0. The lowest BCUT2D eigenvalue weighted by molar-refractivity contribution is 0.794. The number of rotatable bonds is 4. The smallest absolute Gasteiger partial charge is 0.164 e. The first kappa shape index (κ1) is 31.4. The van der Waals surface area contributed by atoms with Crippen molar-refractivity contribution in [3.8, 4) is 67.5 Å². The fourth-order valence-electron chi connectivity index (χ4n) is 9.40. The molecule has 0 amide bonds. The average molecular weight is 730 g/mol. The highest BCUT2D eigenvalue weighted by Gasteiger charge is 2.51. The summed E-state index contributed by atoms with van der Waals surface area (Å²) < 4.78 is 2.60. The topological polar surface area (TPSA) is 38.7 Å². The maximum atomic E-state index is 5.21. The van der Waals surface area contributed by atoms with Crippen molar-refractivity contribution in [3.05, 3.63) is 210 Å². The van der Waals surface area contributed by atoms with E-state index in [2.05, 4.69) is 170 Å². The molecule has 2 aromatic heterocycles. The molecule has 2 aliphatic carbocycles. The molecule has 0 atom stereocenters. The first-order valence-electron chi connectivity index (χ1n) is 19.0. The molecule has 0 saturated heterocycles. The molecule has 0 unspecified atom stereocenters. The molecule has 4 heteroatoms. The lowest BCUT2D eigenvalue weighted by Crippen LogP contribution is -2.25. The van der Waals surface area contributed by atoms with Crippen LogP contribution in [0.4, 0.5) is 0 Å². The second kappa shape index (κ2) is 12.0.